The average molecular weight is 737 g/mol. The Balaban J connectivity index is 0.000000671. The van der Waals surface area contributed by atoms with E-state index in [0.717, 1.165) is 0 Å². The van der Waals surface area contributed by atoms with Gasteiger partial charge < -0.3 is 19.8 Å². The van der Waals surface area contributed by atoms with E-state index in [4.69, 9.17) is 37.8 Å². The normalized spacial score (nSPS) is 21.1. The van der Waals surface area contributed by atoms with Crippen molar-refractivity contribution in [1.82, 2.24) is 19.6 Å². The summed E-state index contributed by atoms with van der Waals surface area (Å²) in [5.41, 5.74) is -1.30. The van der Waals surface area contributed by atoms with Crippen molar-refractivity contribution in [1.29, 1.82) is 0 Å². The summed E-state index contributed by atoms with van der Waals surface area (Å²) >= 11 is 12.9. The minimum Gasteiger partial charge on any atom is -0.496 e. The van der Waals surface area contributed by atoms with Crippen LogP contribution in [0.5, 0.6) is 5.75 Å². The lowest BCUT2D eigenvalue weighted by atomic mass is 9.80. The van der Waals surface area contributed by atoms with E-state index < -0.39 is 45.8 Å². The minimum absolute atomic E-state index is 0.0252. The number of likely N-dealkylation sites (tertiary alicyclic amines) is 1. The fourth-order valence-corrected chi connectivity index (χ4v) is 8.28. The summed E-state index contributed by atoms with van der Waals surface area (Å²) in [4.78, 5) is 40.1. The molecule has 1 fully saturated rings. The fourth-order valence-electron chi connectivity index (χ4n) is 5.93. The number of aliphatic hydroxyl groups excluding tert-OH is 1. The van der Waals surface area contributed by atoms with Crippen LogP contribution in [-0.2, 0) is 37.0 Å². The van der Waals surface area contributed by atoms with Crippen molar-refractivity contribution in [3.63, 3.8) is 0 Å². The number of amides is 2. The van der Waals surface area contributed by atoms with Crippen molar-refractivity contribution in [2.24, 2.45) is 7.05 Å². The first-order chi connectivity index (χ1) is 22.2. The van der Waals surface area contributed by atoms with Crippen LogP contribution in [0, 0.1) is 6.92 Å². The molecule has 3 atom stereocenters. The van der Waals surface area contributed by atoms with Crippen LogP contribution in [0.3, 0.4) is 0 Å². The molecule has 3 aromatic rings. The topological polar surface area (TPSA) is 163 Å². The molecule has 19 heteroatoms. The first-order valence-corrected chi connectivity index (χ1v) is 16.1. The molecule has 260 valence electrons. The van der Waals surface area contributed by atoms with Crippen molar-refractivity contribution < 1.29 is 50.9 Å². The molecule has 2 aliphatic rings. The number of aliphatic carboxylic acids is 1. The van der Waals surface area contributed by atoms with Crippen LogP contribution in [0.1, 0.15) is 23.2 Å². The highest BCUT2D eigenvalue weighted by Crippen LogP contribution is 2.55. The number of rotatable bonds is 6. The second-order valence-corrected chi connectivity index (χ2v) is 13.6. The smallest absolute Gasteiger partial charge is 0.490 e. The van der Waals surface area contributed by atoms with E-state index in [1.165, 1.54) is 48.9 Å². The third kappa shape index (κ3) is 6.09. The number of fused-ring (bicyclic) bond motifs is 1. The Morgan fingerprint density at radius 1 is 1.12 bits per heavy atom. The van der Waals surface area contributed by atoms with Gasteiger partial charge in [0.05, 0.1) is 30.6 Å². The summed E-state index contributed by atoms with van der Waals surface area (Å²) in [6, 6.07) is 10.1. The number of methoxy groups -OCH3 is 1. The third-order valence-corrected chi connectivity index (χ3v) is 10.5. The predicted molar refractivity (Wildman–Crippen MR) is 166 cm³/mol. The number of sulfonamides is 1. The number of carboxylic acids is 1. The van der Waals surface area contributed by atoms with Gasteiger partial charge >= 0.3 is 12.1 Å². The second kappa shape index (κ2) is 13.2. The third-order valence-electron chi connectivity index (χ3n) is 7.83. The van der Waals surface area contributed by atoms with Gasteiger partial charge in [-0.05, 0) is 37.6 Å². The number of alkyl halides is 3. The molecule has 2 aliphatic heterocycles. The number of aromatic nitrogens is 2. The number of β-amino-alcohol motifs (C(OH)–C–C–N with tert-alkyl or cyclic N) is 1. The summed E-state index contributed by atoms with van der Waals surface area (Å²) < 4.78 is 68.1. The summed E-state index contributed by atoms with van der Waals surface area (Å²) in [5.74, 6) is -3.74. The number of carboxylic acid groups (broad SMARTS) is 1. The number of hydrogen-bond donors (Lipinski definition) is 2. The van der Waals surface area contributed by atoms with E-state index in [0.29, 0.717) is 4.31 Å². The van der Waals surface area contributed by atoms with Crippen LogP contribution in [-0.4, -0.2) is 102 Å². The molecular formula is C29H30Cl2F3N5O8S. The molecule has 0 saturated carbocycles. The van der Waals surface area contributed by atoms with Gasteiger partial charge in [-0.25, -0.2) is 17.5 Å². The van der Waals surface area contributed by atoms with Gasteiger partial charge in [-0.3, -0.25) is 19.2 Å². The van der Waals surface area contributed by atoms with Gasteiger partial charge in [0.2, 0.25) is 5.91 Å². The van der Waals surface area contributed by atoms with Crippen LogP contribution >= 0.6 is 23.2 Å². The van der Waals surface area contributed by atoms with Gasteiger partial charge in [0.15, 0.2) is 5.54 Å². The Morgan fingerprint density at radius 2 is 1.73 bits per heavy atom. The van der Waals surface area contributed by atoms with Crippen LogP contribution in [0.2, 0.25) is 10.2 Å². The number of para-hydroxylation sites is 1. The number of hydrogen-bond acceptors (Lipinski definition) is 9. The Hall–Kier alpha value is -3.90. The van der Waals surface area contributed by atoms with Gasteiger partial charge in [-0.1, -0.05) is 41.4 Å². The number of anilines is 1. The Kier molecular flexibility index (Phi) is 10.1. The molecule has 1 aromatic heterocycles. The number of ether oxygens (including phenoxy) is 1. The average Bonchev–Trinajstić information content (AvgIpc) is 3.60. The zero-order chi connectivity index (χ0) is 36.1. The molecule has 0 aliphatic carbocycles. The lowest BCUT2D eigenvalue weighted by molar-refractivity contribution is -0.192. The number of carbonyl (C=O) groups excluding carboxylic acids is 2. The molecule has 13 nitrogen and oxygen atoms in total. The first kappa shape index (κ1) is 36.9. The number of likely N-dealkylation sites (N-methyl/N-ethyl adjacent to an activating group) is 1. The largest absolute Gasteiger partial charge is 0.496 e. The molecule has 1 unspecified atom stereocenters. The zero-order valence-corrected chi connectivity index (χ0v) is 28.3. The highest BCUT2D eigenvalue weighted by molar-refractivity contribution is 7.93. The SMILES string of the molecule is COc1ccccc1C1(N2C[C@H](O)C[C@H]2C(=O)N(C)C)C(=O)N(S(=O)(=O)c2c(C)nn(C)c2Cl)c2ccc(Cl)cc21.O=C(O)C(F)(F)F. The molecular weight excluding hydrogens is 706 g/mol. The molecule has 48 heavy (non-hydrogen) atoms. The Bertz CT molecular complexity index is 1890. The van der Waals surface area contributed by atoms with E-state index in [9.17, 15) is 31.5 Å². The molecule has 0 spiro atoms. The molecule has 3 heterocycles. The number of aliphatic hydroxyl groups is 1. The molecule has 0 bridgehead atoms. The maximum Gasteiger partial charge on any atom is 0.490 e. The van der Waals surface area contributed by atoms with Crippen LogP contribution in [0.25, 0.3) is 0 Å². The number of aryl methyl sites for hydroxylation is 2. The van der Waals surface area contributed by atoms with Gasteiger partial charge in [0.25, 0.3) is 15.9 Å². The van der Waals surface area contributed by atoms with Gasteiger partial charge in [0, 0.05) is 43.8 Å². The molecule has 2 N–H and O–H groups in total. The molecule has 0 radical (unpaired) electrons. The lowest BCUT2D eigenvalue weighted by Gasteiger charge is -2.42. The summed E-state index contributed by atoms with van der Waals surface area (Å²) in [5, 5.41) is 22.2. The van der Waals surface area contributed by atoms with Crippen molar-refractivity contribution in [3.05, 3.63) is 69.5 Å². The second-order valence-electron chi connectivity index (χ2n) is 11.1. The minimum atomic E-state index is -5.08. The maximum atomic E-state index is 15.1. The maximum absolute atomic E-state index is 15.1. The van der Waals surface area contributed by atoms with Crippen LogP contribution in [0.15, 0.2) is 47.4 Å². The zero-order valence-electron chi connectivity index (χ0n) is 26.0. The highest BCUT2D eigenvalue weighted by atomic mass is 35.5. The van der Waals surface area contributed by atoms with E-state index in [-0.39, 0.29) is 62.2 Å². The van der Waals surface area contributed by atoms with E-state index in [2.05, 4.69) is 5.10 Å². The summed E-state index contributed by atoms with van der Waals surface area (Å²) in [7, 11) is 1.43. The van der Waals surface area contributed by atoms with Crippen molar-refractivity contribution in [3.8, 4) is 5.75 Å². The first-order valence-electron chi connectivity index (χ1n) is 13.9. The summed E-state index contributed by atoms with van der Waals surface area (Å²) in [6.07, 6.45) is -6.04. The molecule has 2 amide bonds. The monoisotopic (exact) mass is 735 g/mol. The quantitative estimate of drug-likeness (QED) is 0.385. The Labute approximate surface area is 283 Å². The standard InChI is InChI=1S/C27H29Cl2N5O6S.C2HF3O2/c1-15-23(24(29)32(4)30-15)41(38,39)34-20-11-10-16(28)12-19(20)27(26(34)37,18-8-6-7-9-22(18)40-5)33-14-17(35)13-21(33)25(36)31(2)3;3-2(4,5)1(6)7/h6-12,17,21,35H,13-14H2,1-5H3;(H,6,7)/t17-,21+,27?;/m1./s1. The number of nitrogens with zero attached hydrogens (tertiary/aromatic N) is 5. The number of carbonyl (C=O) groups is 3. The van der Waals surface area contributed by atoms with Crippen LogP contribution < -0.4 is 9.04 Å². The van der Waals surface area contributed by atoms with Crippen molar-refractivity contribution in [2.45, 2.75) is 42.1 Å². The van der Waals surface area contributed by atoms with E-state index >= 15 is 4.79 Å². The van der Waals surface area contributed by atoms with Gasteiger partial charge in [-0.15, -0.1) is 0 Å². The Morgan fingerprint density at radius 3 is 2.25 bits per heavy atom. The molecule has 5 rings (SSSR count). The van der Waals surface area contributed by atoms with Crippen LogP contribution in [0.4, 0.5) is 18.9 Å². The lowest BCUT2D eigenvalue weighted by Crippen LogP contribution is -2.59. The molecule has 1 saturated heterocycles. The van der Waals surface area contributed by atoms with Gasteiger partial charge in [0.1, 0.15) is 15.8 Å². The van der Waals surface area contributed by atoms with Crippen molar-refractivity contribution >= 4 is 56.7 Å². The number of halogens is 5. The van der Waals surface area contributed by atoms with E-state index in [1.54, 1.807) is 43.3 Å². The predicted octanol–water partition coefficient (Wildman–Crippen LogP) is 3.18. The summed E-state index contributed by atoms with van der Waals surface area (Å²) in [6.45, 7) is 1.37. The number of benzene rings is 2. The fraction of sp³-hybridized carbons (Fsp3) is 0.379. The van der Waals surface area contributed by atoms with Crippen molar-refractivity contribution in [2.75, 3.05) is 32.1 Å². The molecule has 2 aromatic carbocycles. The highest BCUT2D eigenvalue weighted by Gasteiger charge is 2.64. The van der Waals surface area contributed by atoms with Gasteiger partial charge in [-0.2, -0.15) is 18.3 Å². The van der Waals surface area contributed by atoms with E-state index in [1.807, 2.05) is 0 Å².